The number of ether oxygens (including phenoxy) is 2. The minimum Gasteiger partial charge on any atom is -0.494 e. The molecule has 1 aliphatic heterocycles. The predicted molar refractivity (Wildman–Crippen MR) is 104 cm³/mol. The Morgan fingerprint density at radius 1 is 1.04 bits per heavy atom. The summed E-state index contributed by atoms with van der Waals surface area (Å²) in [7, 11) is 0. The zero-order valence-corrected chi connectivity index (χ0v) is 16.0. The predicted octanol–water partition coefficient (Wildman–Crippen LogP) is 3.13. The van der Waals surface area contributed by atoms with Gasteiger partial charge in [0, 0.05) is 30.7 Å². The number of hydrogen-bond donors (Lipinski definition) is 2. The van der Waals surface area contributed by atoms with Crippen molar-refractivity contribution in [3.8, 4) is 5.75 Å². The fraction of sp³-hybridized carbons (Fsp3) is 0.619. The molecular formula is C21H30N2O4. The van der Waals surface area contributed by atoms with Gasteiger partial charge in [0.2, 0.25) is 11.8 Å². The number of nitrogens with one attached hydrogen (secondary N) is 2. The van der Waals surface area contributed by atoms with Crippen molar-refractivity contribution in [3.05, 3.63) is 24.3 Å². The summed E-state index contributed by atoms with van der Waals surface area (Å²) in [5.41, 5.74) is 0.778. The van der Waals surface area contributed by atoms with E-state index in [4.69, 9.17) is 9.47 Å². The average Bonchev–Trinajstić information content (AvgIpc) is 3.21. The lowest BCUT2D eigenvalue weighted by atomic mass is 9.81. The van der Waals surface area contributed by atoms with Crippen LogP contribution in [0.15, 0.2) is 24.3 Å². The maximum absolute atomic E-state index is 12.5. The second-order valence-corrected chi connectivity index (χ2v) is 7.38. The van der Waals surface area contributed by atoms with Crippen LogP contribution in [0, 0.1) is 11.8 Å². The minimum atomic E-state index is -0.0289. The fourth-order valence-corrected chi connectivity index (χ4v) is 3.83. The van der Waals surface area contributed by atoms with Crippen LogP contribution in [0.4, 0.5) is 5.69 Å². The van der Waals surface area contributed by atoms with Crippen LogP contribution >= 0.6 is 0 Å². The molecule has 0 radical (unpaired) electrons. The Morgan fingerprint density at radius 3 is 2.30 bits per heavy atom. The smallest absolute Gasteiger partial charge is 0.227 e. The molecule has 0 spiro atoms. The maximum atomic E-state index is 12.5. The second kappa shape index (κ2) is 9.74. The van der Waals surface area contributed by atoms with Crippen LogP contribution in [0.3, 0.4) is 0 Å². The molecule has 2 amide bonds. The molecule has 1 aromatic carbocycles. The van der Waals surface area contributed by atoms with Crippen molar-refractivity contribution < 1.29 is 19.1 Å². The third-order valence-corrected chi connectivity index (χ3v) is 5.43. The van der Waals surface area contributed by atoms with Crippen LogP contribution in [0.5, 0.6) is 5.75 Å². The number of carbonyl (C=O) groups excluding carboxylic acids is 2. The van der Waals surface area contributed by atoms with E-state index in [1.807, 2.05) is 31.2 Å². The van der Waals surface area contributed by atoms with Gasteiger partial charge in [-0.1, -0.05) is 0 Å². The molecule has 2 fully saturated rings. The lowest BCUT2D eigenvalue weighted by Crippen LogP contribution is -2.38. The largest absolute Gasteiger partial charge is 0.494 e. The van der Waals surface area contributed by atoms with Gasteiger partial charge in [0.05, 0.1) is 12.7 Å². The number of rotatable bonds is 7. The summed E-state index contributed by atoms with van der Waals surface area (Å²) in [6, 6.07) is 7.42. The van der Waals surface area contributed by atoms with Gasteiger partial charge in [-0.3, -0.25) is 9.59 Å². The Hall–Kier alpha value is -2.08. The van der Waals surface area contributed by atoms with Gasteiger partial charge in [-0.25, -0.2) is 0 Å². The number of benzene rings is 1. The van der Waals surface area contributed by atoms with E-state index in [1.165, 1.54) is 0 Å². The first kappa shape index (κ1) is 19.7. The van der Waals surface area contributed by atoms with Gasteiger partial charge < -0.3 is 20.1 Å². The Labute approximate surface area is 161 Å². The summed E-state index contributed by atoms with van der Waals surface area (Å²) in [5, 5.41) is 5.99. The Morgan fingerprint density at radius 2 is 1.70 bits per heavy atom. The Bertz CT molecular complexity index is 618. The number of amides is 2. The van der Waals surface area contributed by atoms with Crippen molar-refractivity contribution in [2.24, 2.45) is 11.8 Å². The lowest BCUT2D eigenvalue weighted by molar-refractivity contribution is -0.128. The van der Waals surface area contributed by atoms with E-state index >= 15 is 0 Å². The molecule has 1 atom stereocenters. The summed E-state index contributed by atoms with van der Waals surface area (Å²) in [6.07, 6.45) is 5.30. The molecule has 148 valence electrons. The lowest BCUT2D eigenvalue weighted by Gasteiger charge is -2.27. The van der Waals surface area contributed by atoms with Crippen LogP contribution in [-0.4, -0.2) is 37.7 Å². The van der Waals surface area contributed by atoms with E-state index in [0.717, 1.165) is 56.6 Å². The first-order chi connectivity index (χ1) is 13.2. The van der Waals surface area contributed by atoms with Gasteiger partial charge in [0.25, 0.3) is 0 Å². The van der Waals surface area contributed by atoms with Crippen LogP contribution in [0.25, 0.3) is 0 Å². The van der Waals surface area contributed by atoms with E-state index in [0.29, 0.717) is 13.2 Å². The highest BCUT2D eigenvalue weighted by Gasteiger charge is 2.30. The van der Waals surface area contributed by atoms with Crippen molar-refractivity contribution in [2.45, 2.75) is 51.6 Å². The topological polar surface area (TPSA) is 76.7 Å². The normalized spacial score (nSPS) is 25.0. The monoisotopic (exact) mass is 374 g/mol. The average molecular weight is 374 g/mol. The van der Waals surface area contributed by atoms with Crippen LogP contribution in [-0.2, 0) is 14.3 Å². The molecule has 6 nitrogen and oxygen atoms in total. The molecule has 1 unspecified atom stereocenters. The summed E-state index contributed by atoms with van der Waals surface area (Å²) < 4.78 is 11.0. The number of anilines is 1. The highest BCUT2D eigenvalue weighted by Crippen LogP contribution is 2.30. The molecule has 1 aromatic rings. The van der Waals surface area contributed by atoms with Gasteiger partial charge in [-0.05, 0) is 69.7 Å². The van der Waals surface area contributed by atoms with Gasteiger partial charge in [0.15, 0.2) is 0 Å². The summed E-state index contributed by atoms with van der Waals surface area (Å²) in [4.78, 5) is 24.8. The van der Waals surface area contributed by atoms with Crippen molar-refractivity contribution in [1.82, 2.24) is 5.32 Å². The van der Waals surface area contributed by atoms with E-state index in [9.17, 15) is 9.59 Å². The van der Waals surface area contributed by atoms with Crippen molar-refractivity contribution in [1.29, 1.82) is 0 Å². The standard InChI is InChI=1S/C21H30N2O4/c1-2-26-18-11-9-17(10-12-18)23-21(25)16-7-5-15(6-8-16)20(24)22-14-19-4-3-13-27-19/h9-12,15-16,19H,2-8,13-14H2,1H3,(H,22,24)(H,23,25). The van der Waals surface area contributed by atoms with Gasteiger partial charge in [-0.2, -0.15) is 0 Å². The van der Waals surface area contributed by atoms with Gasteiger partial charge >= 0.3 is 0 Å². The SMILES string of the molecule is CCOc1ccc(NC(=O)C2CCC(C(=O)NCC3CCCO3)CC2)cc1. The Balaban J connectivity index is 1.39. The third kappa shape index (κ3) is 5.70. The van der Waals surface area contributed by atoms with Crippen molar-refractivity contribution in [3.63, 3.8) is 0 Å². The number of carbonyl (C=O) groups is 2. The van der Waals surface area contributed by atoms with Crippen LogP contribution in [0.2, 0.25) is 0 Å². The zero-order chi connectivity index (χ0) is 19.1. The third-order valence-electron chi connectivity index (χ3n) is 5.43. The molecule has 0 bridgehead atoms. The molecule has 1 saturated carbocycles. The molecule has 2 N–H and O–H groups in total. The van der Waals surface area contributed by atoms with Gasteiger partial charge in [0.1, 0.15) is 5.75 Å². The molecule has 1 heterocycles. The van der Waals surface area contributed by atoms with E-state index < -0.39 is 0 Å². The fourth-order valence-electron chi connectivity index (χ4n) is 3.83. The molecule has 27 heavy (non-hydrogen) atoms. The summed E-state index contributed by atoms with van der Waals surface area (Å²) in [5.74, 6) is 0.929. The van der Waals surface area contributed by atoms with E-state index in [1.54, 1.807) is 0 Å². The highest BCUT2D eigenvalue weighted by atomic mass is 16.5. The molecular weight excluding hydrogens is 344 g/mol. The Kier molecular flexibility index (Phi) is 7.10. The maximum Gasteiger partial charge on any atom is 0.227 e. The first-order valence-electron chi connectivity index (χ1n) is 10.1. The van der Waals surface area contributed by atoms with Crippen molar-refractivity contribution >= 4 is 17.5 Å². The molecule has 2 aliphatic rings. The van der Waals surface area contributed by atoms with E-state index in [-0.39, 0.29) is 29.8 Å². The summed E-state index contributed by atoms with van der Waals surface area (Å²) >= 11 is 0. The molecule has 1 saturated heterocycles. The zero-order valence-electron chi connectivity index (χ0n) is 16.0. The minimum absolute atomic E-state index is 0.0147. The highest BCUT2D eigenvalue weighted by molar-refractivity contribution is 5.92. The van der Waals surface area contributed by atoms with Crippen LogP contribution in [0.1, 0.15) is 45.4 Å². The number of hydrogen-bond acceptors (Lipinski definition) is 4. The second-order valence-electron chi connectivity index (χ2n) is 7.38. The summed E-state index contributed by atoms with van der Waals surface area (Å²) in [6.45, 7) is 3.97. The molecule has 0 aromatic heterocycles. The quantitative estimate of drug-likeness (QED) is 0.769. The molecule has 1 aliphatic carbocycles. The molecule has 3 rings (SSSR count). The van der Waals surface area contributed by atoms with Gasteiger partial charge in [-0.15, -0.1) is 0 Å². The molecule has 6 heteroatoms. The first-order valence-corrected chi connectivity index (χ1v) is 10.1. The van der Waals surface area contributed by atoms with Crippen molar-refractivity contribution in [2.75, 3.05) is 25.1 Å². The van der Waals surface area contributed by atoms with Crippen LogP contribution < -0.4 is 15.4 Å². The van der Waals surface area contributed by atoms with E-state index in [2.05, 4.69) is 10.6 Å².